The highest BCUT2D eigenvalue weighted by atomic mass is 35.5. The number of rotatable bonds is 4. The number of carbonyl (C=O) groups excluding carboxylic acids is 1. The lowest BCUT2D eigenvalue weighted by atomic mass is 9.91. The summed E-state index contributed by atoms with van der Waals surface area (Å²) in [6.45, 7) is 5.54. The second-order valence-electron chi connectivity index (χ2n) is 8.93. The van der Waals surface area contributed by atoms with Crippen molar-refractivity contribution in [1.82, 2.24) is 19.8 Å². The average Bonchev–Trinajstić information content (AvgIpc) is 3.00. The normalized spacial score (nSPS) is 20.2. The van der Waals surface area contributed by atoms with E-state index in [0.717, 1.165) is 67.8 Å². The number of benzene rings is 1. The van der Waals surface area contributed by atoms with Crippen LogP contribution in [0.25, 0.3) is 6.08 Å². The summed E-state index contributed by atoms with van der Waals surface area (Å²) in [4.78, 5) is 29.2. The molecule has 0 bridgehead atoms. The summed E-state index contributed by atoms with van der Waals surface area (Å²) < 4.78 is 0. The fourth-order valence-electron chi connectivity index (χ4n) is 4.75. The highest BCUT2D eigenvalue weighted by Crippen LogP contribution is 2.26. The van der Waals surface area contributed by atoms with Crippen LogP contribution in [0.1, 0.15) is 36.1 Å². The Morgan fingerprint density at radius 3 is 2.56 bits per heavy atom. The van der Waals surface area contributed by atoms with Crippen molar-refractivity contribution < 1.29 is 4.79 Å². The van der Waals surface area contributed by atoms with Gasteiger partial charge in [0.2, 0.25) is 11.9 Å². The van der Waals surface area contributed by atoms with Gasteiger partial charge in [0.1, 0.15) is 0 Å². The van der Waals surface area contributed by atoms with E-state index in [2.05, 4.69) is 14.8 Å². The molecule has 1 amide bonds. The molecule has 1 saturated heterocycles. The van der Waals surface area contributed by atoms with Gasteiger partial charge in [0, 0.05) is 69.0 Å². The minimum Gasteiger partial charge on any atom is -0.338 e. The van der Waals surface area contributed by atoms with Crippen LogP contribution in [-0.2, 0) is 17.6 Å². The van der Waals surface area contributed by atoms with Crippen LogP contribution in [0, 0.1) is 0 Å². The predicted molar refractivity (Wildman–Crippen MR) is 128 cm³/mol. The Labute approximate surface area is 194 Å². The number of piperazine rings is 1. The molecule has 2 aromatic rings. The zero-order valence-corrected chi connectivity index (χ0v) is 19.2. The van der Waals surface area contributed by atoms with Crippen molar-refractivity contribution in [3.8, 4) is 0 Å². The van der Waals surface area contributed by atoms with Crippen molar-refractivity contribution in [2.24, 2.45) is 0 Å². The first-order valence-corrected chi connectivity index (χ1v) is 12.1. The maximum Gasteiger partial charge on any atom is 0.246 e. The third-order valence-electron chi connectivity index (χ3n) is 7.02. The van der Waals surface area contributed by atoms with Crippen molar-refractivity contribution in [3.63, 3.8) is 0 Å². The Balaban J connectivity index is 1.20. The first-order chi connectivity index (χ1) is 15.7. The summed E-state index contributed by atoms with van der Waals surface area (Å²) in [5.41, 5.74) is 3.10. The molecule has 5 rings (SSSR count). The van der Waals surface area contributed by atoms with E-state index in [-0.39, 0.29) is 5.91 Å². The third-order valence-corrected chi connectivity index (χ3v) is 7.37. The second kappa shape index (κ2) is 9.59. The third kappa shape index (κ3) is 4.66. The van der Waals surface area contributed by atoms with Gasteiger partial charge in [-0.1, -0.05) is 36.2 Å². The van der Waals surface area contributed by atoms with Gasteiger partial charge in [0.25, 0.3) is 0 Å². The van der Waals surface area contributed by atoms with Crippen molar-refractivity contribution in [1.29, 1.82) is 0 Å². The first-order valence-electron chi connectivity index (χ1n) is 11.7. The summed E-state index contributed by atoms with van der Waals surface area (Å²) in [5, 5.41) is 0.649. The van der Waals surface area contributed by atoms with Crippen LogP contribution in [0.2, 0.25) is 5.02 Å². The summed E-state index contributed by atoms with van der Waals surface area (Å²) >= 11 is 6.19. The fourth-order valence-corrected chi connectivity index (χ4v) is 4.95. The molecule has 6 nitrogen and oxygen atoms in total. The maximum atomic E-state index is 12.8. The Kier molecular flexibility index (Phi) is 6.42. The molecule has 2 fully saturated rings. The van der Waals surface area contributed by atoms with E-state index in [4.69, 9.17) is 16.6 Å². The molecular formula is C25H30ClN5O. The summed E-state index contributed by atoms with van der Waals surface area (Å²) in [6.07, 6.45) is 11.0. The fraction of sp³-hybridized carbons (Fsp3) is 0.480. The Morgan fingerprint density at radius 2 is 1.81 bits per heavy atom. The van der Waals surface area contributed by atoms with E-state index in [1.165, 1.54) is 19.3 Å². The van der Waals surface area contributed by atoms with Gasteiger partial charge in [-0.05, 0) is 42.5 Å². The Morgan fingerprint density at radius 1 is 1.03 bits per heavy atom. The van der Waals surface area contributed by atoms with Crippen LogP contribution in [0.15, 0.2) is 36.5 Å². The molecule has 1 aromatic heterocycles. The van der Waals surface area contributed by atoms with E-state index in [1.807, 2.05) is 35.4 Å². The molecule has 0 N–H and O–H groups in total. The maximum absolute atomic E-state index is 12.8. The highest BCUT2D eigenvalue weighted by molar-refractivity contribution is 6.32. The second-order valence-corrected chi connectivity index (χ2v) is 9.34. The highest BCUT2D eigenvalue weighted by Gasteiger charge is 2.29. The number of nitrogens with zero attached hydrogens (tertiary/aromatic N) is 5. The first kappa shape index (κ1) is 21.4. The molecule has 1 aliphatic carbocycles. The molecule has 0 atom stereocenters. The SMILES string of the molecule is O=C(C=Cc1ccccc1Cl)N1CCc2cnc(N3CCN(C4CCC4)CC3)nc2CC1. The largest absolute Gasteiger partial charge is 0.338 e. The summed E-state index contributed by atoms with van der Waals surface area (Å²) in [5.74, 6) is 0.855. The number of anilines is 1. The van der Waals surface area contributed by atoms with Crippen molar-refractivity contribution in [2.45, 2.75) is 38.1 Å². The molecule has 7 heteroatoms. The molecule has 2 aliphatic heterocycles. The lowest BCUT2D eigenvalue weighted by molar-refractivity contribution is -0.125. The predicted octanol–water partition coefficient (Wildman–Crippen LogP) is 3.45. The minimum atomic E-state index is 0.0121. The van der Waals surface area contributed by atoms with E-state index in [1.54, 1.807) is 12.2 Å². The lowest BCUT2D eigenvalue weighted by Crippen LogP contribution is -2.52. The van der Waals surface area contributed by atoms with E-state index < -0.39 is 0 Å². The van der Waals surface area contributed by atoms with E-state index in [9.17, 15) is 4.79 Å². The van der Waals surface area contributed by atoms with Crippen LogP contribution in [0.3, 0.4) is 0 Å². The molecule has 32 heavy (non-hydrogen) atoms. The van der Waals surface area contributed by atoms with Gasteiger partial charge in [0.05, 0.1) is 5.69 Å². The van der Waals surface area contributed by atoms with Gasteiger partial charge in [0.15, 0.2) is 0 Å². The Bertz CT molecular complexity index is 998. The minimum absolute atomic E-state index is 0.0121. The Hall–Kier alpha value is -2.44. The average molecular weight is 452 g/mol. The molecular weight excluding hydrogens is 422 g/mol. The molecule has 168 valence electrons. The van der Waals surface area contributed by atoms with Gasteiger partial charge in [-0.2, -0.15) is 0 Å². The number of hydrogen-bond donors (Lipinski definition) is 0. The monoisotopic (exact) mass is 451 g/mol. The van der Waals surface area contributed by atoms with Crippen molar-refractivity contribution >= 4 is 29.5 Å². The quantitative estimate of drug-likeness (QED) is 0.666. The van der Waals surface area contributed by atoms with Gasteiger partial charge < -0.3 is 9.80 Å². The van der Waals surface area contributed by atoms with Gasteiger partial charge in [-0.25, -0.2) is 9.97 Å². The molecule has 1 aromatic carbocycles. The number of carbonyl (C=O) groups is 1. The molecule has 1 saturated carbocycles. The topological polar surface area (TPSA) is 52.6 Å². The van der Waals surface area contributed by atoms with Crippen LogP contribution in [0.5, 0.6) is 0 Å². The number of halogens is 1. The zero-order valence-electron chi connectivity index (χ0n) is 18.4. The van der Waals surface area contributed by atoms with E-state index >= 15 is 0 Å². The van der Waals surface area contributed by atoms with Crippen LogP contribution < -0.4 is 4.90 Å². The van der Waals surface area contributed by atoms with Crippen molar-refractivity contribution in [2.75, 3.05) is 44.2 Å². The van der Waals surface area contributed by atoms with Crippen LogP contribution >= 0.6 is 11.6 Å². The number of hydrogen-bond acceptors (Lipinski definition) is 5. The van der Waals surface area contributed by atoms with E-state index in [0.29, 0.717) is 18.1 Å². The van der Waals surface area contributed by atoms with Gasteiger partial charge in [-0.3, -0.25) is 9.69 Å². The van der Waals surface area contributed by atoms with Gasteiger partial charge >= 0.3 is 0 Å². The van der Waals surface area contributed by atoms with Crippen LogP contribution in [-0.4, -0.2) is 71.0 Å². The number of fused-ring (bicyclic) bond motifs is 1. The lowest BCUT2D eigenvalue weighted by Gasteiger charge is -2.43. The zero-order chi connectivity index (χ0) is 21.9. The summed E-state index contributed by atoms with van der Waals surface area (Å²) in [6, 6.07) is 8.35. The molecule has 0 unspecified atom stereocenters. The smallest absolute Gasteiger partial charge is 0.246 e. The number of amides is 1. The summed E-state index contributed by atoms with van der Waals surface area (Å²) in [7, 11) is 0. The van der Waals surface area contributed by atoms with Crippen LogP contribution in [0.4, 0.5) is 5.95 Å². The molecule has 3 aliphatic rings. The molecule has 3 heterocycles. The molecule has 0 spiro atoms. The standard InChI is InChI=1S/C25H30ClN5O/c26-22-7-2-1-4-19(22)8-9-24(32)30-12-10-20-18-27-25(28-23(20)11-13-30)31-16-14-29(15-17-31)21-5-3-6-21/h1-2,4,7-9,18,21H,3,5-6,10-17H2. The number of aromatic nitrogens is 2. The van der Waals surface area contributed by atoms with Gasteiger partial charge in [-0.15, -0.1) is 0 Å². The van der Waals surface area contributed by atoms with Crippen molar-refractivity contribution in [3.05, 3.63) is 58.4 Å². The molecule has 0 radical (unpaired) electrons.